The smallest absolute Gasteiger partial charge is 0.319 e. The van der Waals surface area contributed by atoms with Crippen molar-refractivity contribution in [1.82, 2.24) is 10.6 Å². The van der Waals surface area contributed by atoms with Gasteiger partial charge in [0.15, 0.2) is 0 Å². The zero-order chi connectivity index (χ0) is 21.2. The fourth-order valence-corrected chi connectivity index (χ4v) is 3.20. The van der Waals surface area contributed by atoms with E-state index in [0.29, 0.717) is 48.6 Å². The first-order valence-corrected chi connectivity index (χ1v) is 10.3. The summed E-state index contributed by atoms with van der Waals surface area (Å²) in [6.07, 6.45) is 2.37. The molecule has 0 fully saturated rings. The lowest BCUT2D eigenvalue weighted by atomic mass is 10.2. The molecule has 0 radical (unpaired) electrons. The van der Waals surface area contributed by atoms with E-state index >= 15 is 0 Å². The molecule has 3 aromatic rings. The number of benzene rings is 1. The summed E-state index contributed by atoms with van der Waals surface area (Å²) in [6, 6.07) is 11.7. The maximum Gasteiger partial charge on any atom is 0.319 e. The minimum absolute atomic E-state index is 0.132. The van der Waals surface area contributed by atoms with E-state index in [1.54, 1.807) is 54.1 Å². The van der Waals surface area contributed by atoms with E-state index < -0.39 is 0 Å². The van der Waals surface area contributed by atoms with Crippen LogP contribution in [0.15, 0.2) is 63.9 Å². The highest BCUT2D eigenvalue weighted by molar-refractivity contribution is 7.08. The molecule has 0 aliphatic rings. The number of amides is 4. The third-order valence-corrected chi connectivity index (χ3v) is 4.76. The fraction of sp³-hybridized carbons (Fsp3) is 0.190. The Balaban J connectivity index is 1.33. The lowest BCUT2D eigenvalue weighted by Gasteiger charge is -2.09. The molecule has 30 heavy (non-hydrogen) atoms. The van der Waals surface area contributed by atoms with Gasteiger partial charge in [0.25, 0.3) is 5.91 Å². The highest BCUT2D eigenvalue weighted by Gasteiger charge is 2.07. The number of carbonyl (C=O) groups excluding carboxylic acids is 3. The number of hydrogen-bond donors (Lipinski definition) is 4. The van der Waals surface area contributed by atoms with E-state index in [9.17, 15) is 14.4 Å². The first-order valence-electron chi connectivity index (χ1n) is 9.38. The molecule has 4 N–H and O–H groups in total. The van der Waals surface area contributed by atoms with Crippen LogP contribution in [0.1, 0.15) is 29.0 Å². The second-order valence-corrected chi connectivity index (χ2v) is 7.16. The Morgan fingerprint density at radius 2 is 1.70 bits per heavy atom. The first kappa shape index (κ1) is 21.1. The quantitative estimate of drug-likeness (QED) is 0.390. The number of rotatable bonds is 9. The number of nitrogens with one attached hydrogen (secondary N) is 4. The van der Waals surface area contributed by atoms with Gasteiger partial charge >= 0.3 is 6.03 Å². The molecule has 2 heterocycles. The van der Waals surface area contributed by atoms with Gasteiger partial charge in [-0.1, -0.05) is 0 Å². The van der Waals surface area contributed by atoms with Crippen LogP contribution in [0.25, 0.3) is 0 Å². The van der Waals surface area contributed by atoms with E-state index in [-0.39, 0.29) is 17.8 Å². The second kappa shape index (κ2) is 10.8. The lowest BCUT2D eigenvalue weighted by molar-refractivity contribution is -0.116. The number of hydrogen-bond acceptors (Lipinski definition) is 5. The summed E-state index contributed by atoms with van der Waals surface area (Å²) in [5.41, 5.74) is 1.86. The summed E-state index contributed by atoms with van der Waals surface area (Å²) in [5.74, 6) is 0.388. The Morgan fingerprint density at radius 1 is 0.933 bits per heavy atom. The van der Waals surface area contributed by atoms with Gasteiger partial charge in [0, 0.05) is 35.3 Å². The maximum atomic E-state index is 12.0. The predicted molar refractivity (Wildman–Crippen MR) is 116 cm³/mol. The topological polar surface area (TPSA) is 112 Å². The van der Waals surface area contributed by atoms with Crippen molar-refractivity contribution in [3.05, 3.63) is 70.8 Å². The number of anilines is 2. The Bertz CT molecular complexity index is 954. The second-order valence-electron chi connectivity index (χ2n) is 6.38. The molecular formula is C21H22N4O4S. The van der Waals surface area contributed by atoms with E-state index in [1.165, 1.54) is 11.3 Å². The summed E-state index contributed by atoms with van der Waals surface area (Å²) in [4.78, 5) is 35.7. The lowest BCUT2D eigenvalue weighted by Crippen LogP contribution is -2.27. The van der Waals surface area contributed by atoms with Crippen molar-refractivity contribution in [3.8, 4) is 0 Å². The summed E-state index contributed by atoms with van der Waals surface area (Å²) in [7, 11) is 0. The Kier molecular flexibility index (Phi) is 7.62. The zero-order valence-corrected chi connectivity index (χ0v) is 17.0. The Labute approximate surface area is 177 Å². The molecule has 3 rings (SSSR count). The van der Waals surface area contributed by atoms with Crippen molar-refractivity contribution in [2.45, 2.75) is 19.4 Å². The predicted octanol–water partition coefficient (Wildman–Crippen LogP) is 3.81. The summed E-state index contributed by atoms with van der Waals surface area (Å²) < 4.78 is 5.15. The molecule has 9 heteroatoms. The van der Waals surface area contributed by atoms with Crippen LogP contribution < -0.4 is 21.3 Å². The average Bonchev–Trinajstić information content (AvgIpc) is 3.45. The maximum absolute atomic E-state index is 12.0. The van der Waals surface area contributed by atoms with Gasteiger partial charge in [0.05, 0.1) is 12.8 Å². The van der Waals surface area contributed by atoms with Crippen LogP contribution >= 0.6 is 11.3 Å². The van der Waals surface area contributed by atoms with Crippen LogP contribution in [-0.2, 0) is 11.3 Å². The van der Waals surface area contributed by atoms with Gasteiger partial charge in [-0.3, -0.25) is 9.59 Å². The van der Waals surface area contributed by atoms with Crippen LogP contribution in [0.4, 0.5) is 16.2 Å². The number of furan rings is 1. The molecule has 4 amide bonds. The molecule has 0 aliphatic carbocycles. The van der Waals surface area contributed by atoms with E-state index in [2.05, 4.69) is 21.3 Å². The van der Waals surface area contributed by atoms with Crippen LogP contribution in [0.2, 0.25) is 0 Å². The van der Waals surface area contributed by atoms with E-state index in [0.717, 1.165) is 0 Å². The highest BCUT2D eigenvalue weighted by atomic mass is 32.1. The number of thiophene rings is 1. The van der Waals surface area contributed by atoms with Gasteiger partial charge < -0.3 is 25.7 Å². The summed E-state index contributed by atoms with van der Waals surface area (Å²) in [6.45, 7) is 0.721. The van der Waals surface area contributed by atoms with Gasteiger partial charge in [0.1, 0.15) is 5.76 Å². The normalized spacial score (nSPS) is 10.3. The molecule has 0 atom stereocenters. The van der Waals surface area contributed by atoms with Gasteiger partial charge in [-0.25, -0.2) is 4.79 Å². The molecule has 8 nitrogen and oxygen atoms in total. The van der Waals surface area contributed by atoms with Gasteiger partial charge in [0.2, 0.25) is 5.91 Å². The minimum atomic E-state index is -0.354. The molecule has 0 bridgehead atoms. The van der Waals surface area contributed by atoms with Crippen molar-refractivity contribution < 1.29 is 18.8 Å². The molecule has 2 aromatic heterocycles. The highest BCUT2D eigenvalue weighted by Crippen LogP contribution is 2.14. The Morgan fingerprint density at radius 3 is 2.37 bits per heavy atom. The van der Waals surface area contributed by atoms with Crippen LogP contribution in [0.5, 0.6) is 0 Å². The van der Waals surface area contributed by atoms with E-state index in [4.69, 9.17) is 4.42 Å². The third kappa shape index (κ3) is 6.78. The van der Waals surface area contributed by atoms with Crippen LogP contribution in [0.3, 0.4) is 0 Å². The first-order chi connectivity index (χ1) is 14.6. The molecule has 0 aliphatic heterocycles. The summed E-state index contributed by atoms with van der Waals surface area (Å²) >= 11 is 1.46. The van der Waals surface area contributed by atoms with Gasteiger partial charge in [-0.2, -0.15) is 11.3 Å². The average molecular weight is 426 g/mol. The van der Waals surface area contributed by atoms with Crippen molar-refractivity contribution in [3.63, 3.8) is 0 Å². The monoisotopic (exact) mass is 426 g/mol. The minimum Gasteiger partial charge on any atom is -0.467 e. The molecule has 156 valence electrons. The largest absolute Gasteiger partial charge is 0.467 e. The third-order valence-electron chi connectivity index (χ3n) is 4.08. The SMILES string of the molecule is O=C(CCCNC(=O)c1ccsc1)Nc1ccc(NC(=O)NCc2ccco2)cc1. The van der Waals surface area contributed by atoms with Crippen molar-refractivity contribution in [2.75, 3.05) is 17.2 Å². The molecule has 0 spiro atoms. The fourth-order valence-electron chi connectivity index (χ4n) is 2.56. The van der Waals surface area contributed by atoms with Crippen molar-refractivity contribution in [1.29, 1.82) is 0 Å². The molecule has 0 saturated carbocycles. The summed E-state index contributed by atoms with van der Waals surface area (Å²) in [5, 5.41) is 14.6. The Hall–Kier alpha value is -3.59. The van der Waals surface area contributed by atoms with E-state index in [1.807, 2.05) is 5.38 Å². The molecular weight excluding hydrogens is 404 g/mol. The molecule has 0 saturated heterocycles. The number of urea groups is 1. The standard InChI is InChI=1S/C21H22N4O4S/c26-19(4-1-10-22-20(27)15-9-12-30-14-15)24-16-5-7-17(8-6-16)25-21(28)23-13-18-3-2-11-29-18/h2-3,5-9,11-12,14H,1,4,10,13H2,(H,22,27)(H,24,26)(H2,23,25,28). The van der Waals surface area contributed by atoms with Crippen LogP contribution in [0, 0.1) is 0 Å². The number of carbonyl (C=O) groups is 3. The van der Waals surface area contributed by atoms with Gasteiger partial charge in [-0.15, -0.1) is 0 Å². The van der Waals surface area contributed by atoms with Crippen molar-refractivity contribution >= 4 is 40.6 Å². The zero-order valence-electron chi connectivity index (χ0n) is 16.1. The molecule has 0 unspecified atom stereocenters. The van der Waals surface area contributed by atoms with Crippen molar-refractivity contribution in [2.24, 2.45) is 0 Å². The molecule has 1 aromatic carbocycles. The van der Waals surface area contributed by atoms with Crippen LogP contribution in [-0.4, -0.2) is 24.4 Å². The van der Waals surface area contributed by atoms with Gasteiger partial charge in [-0.05, 0) is 54.3 Å².